The summed E-state index contributed by atoms with van der Waals surface area (Å²) >= 11 is 0. The van der Waals surface area contributed by atoms with Crippen molar-refractivity contribution in [3.63, 3.8) is 0 Å². The molecule has 4 rings (SSSR count). The monoisotopic (exact) mass is 402 g/mol. The van der Waals surface area contributed by atoms with Gasteiger partial charge in [0.15, 0.2) is 5.78 Å². The third-order valence-electron chi connectivity index (χ3n) is 10.1. The second kappa shape index (κ2) is 7.37. The molecular weight excluding hydrogens is 360 g/mol. The summed E-state index contributed by atoms with van der Waals surface area (Å²) in [6, 6.07) is 0. The second-order valence-corrected chi connectivity index (χ2v) is 11.6. The van der Waals surface area contributed by atoms with Crippen molar-refractivity contribution in [2.45, 2.75) is 104 Å². The molecule has 6 atom stereocenters. The van der Waals surface area contributed by atoms with Gasteiger partial charge < -0.3 is 4.43 Å². The summed E-state index contributed by atoms with van der Waals surface area (Å²) in [5, 5.41) is 0. The molecule has 0 spiro atoms. The molecule has 0 radical (unpaired) electrons. The summed E-state index contributed by atoms with van der Waals surface area (Å²) in [5.41, 5.74) is 1.89. The van der Waals surface area contributed by atoms with Crippen molar-refractivity contribution < 1.29 is 9.22 Å². The largest absolute Gasteiger partial charge is 0.422 e. The average molecular weight is 403 g/mol. The summed E-state index contributed by atoms with van der Waals surface area (Å²) in [5.74, 6) is 2.58. The Hall–Kier alpha value is -0.413. The maximum absolute atomic E-state index is 13.5. The predicted octanol–water partition coefficient (Wildman–Crippen LogP) is 5.38. The van der Waals surface area contributed by atoms with E-state index in [1.165, 1.54) is 69.8 Å². The minimum Gasteiger partial charge on any atom is -0.422 e. The van der Waals surface area contributed by atoms with E-state index in [4.69, 9.17) is 4.43 Å². The van der Waals surface area contributed by atoms with E-state index in [-0.39, 0.29) is 22.3 Å². The summed E-state index contributed by atoms with van der Waals surface area (Å²) in [6.45, 7) is 9.53. The highest BCUT2D eigenvalue weighted by Gasteiger charge is 2.66. The number of carbonyl (C=O) groups excluding carboxylic acids is 1. The molecule has 0 aromatic rings. The van der Waals surface area contributed by atoms with Gasteiger partial charge >= 0.3 is 0 Å². The normalized spacial score (nSPS) is 43.3. The SMILES string of the molecule is CCCCC1CC[C@H]2[C@@H]3C(=O)C=C4CCCC[C@]4(C)[C@H]3CC[C@]12C(C)(C)O[SiH3]. The van der Waals surface area contributed by atoms with Crippen molar-refractivity contribution in [3.05, 3.63) is 11.6 Å². The van der Waals surface area contributed by atoms with Crippen LogP contribution in [0.4, 0.5) is 0 Å². The van der Waals surface area contributed by atoms with Crippen LogP contribution in [0.5, 0.6) is 0 Å². The number of allylic oxidation sites excluding steroid dienone is 2. The number of ketones is 1. The van der Waals surface area contributed by atoms with Gasteiger partial charge in [-0.15, -0.1) is 0 Å². The highest BCUT2D eigenvalue weighted by Crippen LogP contribution is 2.69. The topological polar surface area (TPSA) is 26.3 Å². The molecule has 0 N–H and O–H groups in total. The van der Waals surface area contributed by atoms with Crippen LogP contribution in [0.2, 0.25) is 0 Å². The van der Waals surface area contributed by atoms with Gasteiger partial charge in [0.1, 0.15) is 10.5 Å². The van der Waals surface area contributed by atoms with Gasteiger partial charge in [0, 0.05) is 11.3 Å². The van der Waals surface area contributed by atoms with Crippen LogP contribution < -0.4 is 0 Å². The molecule has 0 bridgehead atoms. The Bertz CT molecular complexity index is 653. The zero-order chi connectivity index (χ0) is 20.2. The average Bonchev–Trinajstić information content (AvgIpc) is 3.07. The smallest absolute Gasteiger partial charge is 0.159 e. The molecular formula is C25H42O2Si. The third-order valence-corrected chi connectivity index (χ3v) is 11.1. The van der Waals surface area contributed by atoms with E-state index in [2.05, 4.69) is 33.8 Å². The lowest BCUT2D eigenvalue weighted by atomic mass is 9.44. The van der Waals surface area contributed by atoms with Gasteiger partial charge in [-0.2, -0.15) is 0 Å². The van der Waals surface area contributed by atoms with Crippen LogP contribution in [0.25, 0.3) is 0 Å². The molecule has 0 amide bonds. The Balaban J connectivity index is 1.76. The molecule has 3 saturated carbocycles. The minimum atomic E-state index is -0.0957. The molecule has 0 heterocycles. The number of unbranched alkanes of at least 4 members (excludes halogenated alkanes) is 1. The molecule has 4 aliphatic carbocycles. The van der Waals surface area contributed by atoms with Gasteiger partial charge in [-0.1, -0.05) is 38.7 Å². The van der Waals surface area contributed by atoms with Crippen LogP contribution in [0.15, 0.2) is 11.6 Å². The van der Waals surface area contributed by atoms with Crippen molar-refractivity contribution in [2.24, 2.45) is 34.5 Å². The van der Waals surface area contributed by atoms with E-state index in [1.807, 2.05) is 0 Å². The Labute approximate surface area is 175 Å². The number of hydrogen-bond donors (Lipinski definition) is 0. The van der Waals surface area contributed by atoms with Gasteiger partial charge in [-0.3, -0.25) is 4.79 Å². The van der Waals surface area contributed by atoms with Crippen LogP contribution in [-0.4, -0.2) is 21.9 Å². The molecule has 158 valence electrons. The van der Waals surface area contributed by atoms with Crippen LogP contribution in [0.3, 0.4) is 0 Å². The van der Waals surface area contributed by atoms with E-state index in [0.29, 0.717) is 17.6 Å². The zero-order valence-electron chi connectivity index (χ0n) is 19.0. The van der Waals surface area contributed by atoms with E-state index < -0.39 is 0 Å². The van der Waals surface area contributed by atoms with E-state index in [1.54, 1.807) is 0 Å². The first-order valence-corrected chi connectivity index (χ1v) is 12.9. The number of hydrogen-bond acceptors (Lipinski definition) is 2. The molecule has 3 fully saturated rings. The van der Waals surface area contributed by atoms with E-state index in [9.17, 15) is 4.79 Å². The Morgan fingerprint density at radius 2 is 1.96 bits per heavy atom. The van der Waals surface area contributed by atoms with Gasteiger partial charge in [-0.05, 0) is 94.5 Å². The number of carbonyl (C=O) groups is 1. The van der Waals surface area contributed by atoms with E-state index >= 15 is 0 Å². The maximum Gasteiger partial charge on any atom is 0.159 e. The van der Waals surface area contributed by atoms with Crippen LogP contribution >= 0.6 is 0 Å². The zero-order valence-corrected chi connectivity index (χ0v) is 21.0. The Morgan fingerprint density at radius 1 is 1.18 bits per heavy atom. The first-order chi connectivity index (χ1) is 13.3. The lowest BCUT2D eigenvalue weighted by molar-refractivity contribution is -0.159. The van der Waals surface area contributed by atoms with Crippen molar-refractivity contribution >= 4 is 16.3 Å². The number of fused-ring (bicyclic) bond motifs is 5. The minimum absolute atomic E-state index is 0.0957. The quantitative estimate of drug-likeness (QED) is 0.577. The van der Waals surface area contributed by atoms with Crippen molar-refractivity contribution in [1.82, 2.24) is 0 Å². The molecule has 0 aromatic carbocycles. The standard InChI is InChI=1S/C25H42O2Si/c1-5-6-9-17-11-12-20-22-19(13-15-25(17,20)23(2,3)27-28)24(4)14-8-7-10-18(24)16-21(22)26/h16-17,19-20,22H,5-15H2,1-4,28H3/t17?,19-,20-,22+,24-,25-/m0/s1. The molecule has 3 heteroatoms. The highest BCUT2D eigenvalue weighted by atomic mass is 28.2. The van der Waals surface area contributed by atoms with Crippen LogP contribution in [0.1, 0.15) is 98.3 Å². The fourth-order valence-corrected chi connectivity index (χ4v) is 8.90. The van der Waals surface area contributed by atoms with Crippen LogP contribution in [0, 0.1) is 34.5 Å². The third kappa shape index (κ3) is 2.78. The molecule has 2 nitrogen and oxygen atoms in total. The second-order valence-electron chi connectivity index (χ2n) is 11.1. The summed E-state index contributed by atoms with van der Waals surface area (Å²) in [6.07, 6.45) is 16.2. The predicted molar refractivity (Wildman–Crippen MR) is 119 cm³/mol. The molecule has 1 unspecified atom stereocenters. The summed E-state index contributed by atoms with van der Waals surface area (Å²) < 4.78 is 6.35. The van der Waals surface area contributed by atoms with Gasteiger partial charge in [0.05, 0.1) is 5.60 Å². The first kappa shape index (κ1) is 20.8. The Kier molecular flexibility index (Phi) is 5.49. The highest BCUT2D eigenvalue weighted by molar-refractivity contribution is 5.98. The fraction of sp³-hybridized carbons (Fsp3) is 0.880. The van der Waals surface area contributed by atoms with E-state index in [0.717, 1.165) is 22.8 Å². The van der Waals surface area contributed by atoms with Gasteiger partial charge in [0.2, 0.25) is 0 Å². The van der Waals surface area contributed by atoms with Crippen LogP contribution in [-0.2, 0) is 9.22 Å². The van der Waals surface area contributed by atoms with Gasteiger partial charge in [-0.25, -0.2) is 0 Å². The lowest BCUT2D eigenvalue weighted by Crippen LogP contribution is -2.60. The molecule has 4 aliphatic rings. The molecule has 0 aromatic heterocycles. The molecule has 0 saturated heterocycles. The van der Waals surface area contributed by atoms with Gasteiger partial charge in [0.25, 0.3) is 0 Å². The number of rotatable bonds is 5. The lowest BCUT2D eigenvalue weighted by Gasteiger charge is -2.61. The van der Waals surface area contributed by atoms with Crippen molar-refractivity contribution in [3.8, 4) is 0 Å². The van der Waals surface area contributed by atoms with Crippen molar-refractivity contribution in [1.29, 1.82) is 0 Å². The first-order valence-electron chi connectivity index (χ1n) is 12.1. The molecule has 28 heavy (non-hydrogen) atoms. The molecule has 0 aliphatic heterocycles. The van der Waals surface area contributed by atoms with Crippen molar-refractivity contribution in [2.75, 3.05) is 0 Å². The summed E-state index contributed by atoms with van der Waals surface area (Å²) in [4.78, 5) is 13.5. The maximum atomic E-state index is 13.5. The fourth-order valence-electron chi connectivity index (χ4n) is 8.52. The summed E-state index contributed by atoms with van der Waals surface area (Å²) in [7, 11) is 0.783. The Morgan fingerprint density at radius 3 is 2.68 bits per heavy atom.